The number of carbonyl (C=O) groups excluding carboxylic acids is 1. The molecule has 2 rings (SSSR count). The fraction of sp³-hybridized carbons (Fsp3) is 0.800. The molecule has 142 valence electrons. The van der Waals surface area contributed by atoms with E-state index < -0.39 is 27.1 Å². The van der Waals surface area contributed by atoms with Crippen molar-refractivity contribution in [3.05, 3.63) is 5.82 Å². The summed E-state index contributed by atoms with van der Waals surface area (Å²) in [6, 6.07) is -0.434. The predicted molar refractivity (Wildman–Crippen MR) is 89.5 cm³/mol. The fourth-order valence-corrected chi connectivity index (χ4v) is 4.13. The first-order valence-corrected chi connectivity index (χ1v) is 9.99. The van der Waals surface area contributed by atoms with Crippen LogP contribution in [0, 0.1) is 0 Å². The maximum Gasteiger partial charge on any atom is 0.324 e. The SMILES string of the molecule is CCCC(N)c1nnc(S(=O)(=O)C(C)C(=O)OC)n1CC1CCCO1. The van der Waals surface area contributed by atoms with Gasteiger partial charge >= 0.3 is 5.97 Å². The maximum absolute atomic E-state index is 12.8. The highest BCUT2D eigenvalue weighted by Crippen LogP contribution is 2.24. The Hall–Kier alpha value is -1.52. The van der Waals surface area contributed by atoms with Gasteiger partial charge in [-0.25, -0.2) is 8.42 Å². The zero-order valence-electron chi connectivity index (χ0n) is 14.8. The van der Waals surface area contributed by atoms with Crippen molar-refractivity contribution in [3.8, 4) is 0 Å². The Morgan fingerprint density at radius 3 is 2.76 bits per heavy atom. The maximum atomic E-state index is 12.8. The standard InChI is InChI=1S/C15H26N4O5S/c1-4-6-12(16)13-17-18-15(19(13)9-11-7-5-8-24-11)25(21,22)10(2)14(20)23-3/h10-12H,4-9,16H2,1-3H3. The molecule has 0 spiro atoms. The summed E-state index contributed by atoms with van der Waals surface area (Å²) in [5, 5.41) is 6.23. The van der Waals surface area contributed by atoms with Crippen molar-refractivity contribution in [1.82, 2.24) is 14.8 Å². The van der Waals surface area contributed by atoms with Crippen LogP contribution in [0.5, 0.6) is 0 Å². The number of hydrogen-bond donors (Lipinski definition) is 1. The molecule has 2 heterocycles. The molecule has 9 nitrogen and oxygen atoms in total. The van der Waals surface area contributed by atoms with Gasteiger partial charge in [0.2, 0.25) is 9.84 Å². The lowest BCUT2D eigenvalue weighted by atomic mass is 10.1. The van der Waals surface area contributed by atoms with Crippen LogP contribution in [0.4, 0.5) is 0 Å². The van der Waals surface area contributed by atoms with E-state index in [4.69, 9.17) is 10.5 Å². The third kappa shape index (κ3) is 4.18. The zero-order chi connectivity index (χ0) is 18.6. The molecule has 2 N–H and O–H groups in total. The van der Waals surface area contributed by atoms with E-state index in [0.29, 0.717) is 25.4 Å². The fourth-order valence-electron chi connectivity index (χ4n) is 2.84. The van der Waals surface area contributed by atoms with Crippen molar-refractivity contribution in [3.63, 3.8) is 0 Å². The van der Waals surface area contributed by atoms with Crippen LogP contribution in [0.1, 0.15) is 51.4 Å². The first-order valence-electron chi connectivity index (χ1n) is 8.44. The number of ether oxygens (including phenoxy) is 2. The van der Waals surface area contributed by atoms with E-state index in [-0.39, 0.29) is 11.3 Å². The van der Waals surface area contributed by atoms with Crippen LogP contribution >= 0.6 is 0 Å². The monoisotopic (exact) mass is 374 g/mol. The number of rotatable bonds is 8. The second-order valence-electron chi connectivity index (χ2n) is 6.19. The highest BCUT2D eigenvalue weighted by Gasteiger charge is 2.37. The first kappa shape index (κ1) is 19.8. The predicted octanol–water partition coefficient (Wildman–Crippen LogP) is 0.592. The summed E-state index contributed by atoms with van der Waals surface area (Å²) in [6.07, 6.45) is 3.10. The number of carbonyl (C=O) groups is 1. The molecule has 1 aromatic heterocycles. The van der Waals surface area contributed by atoms with Gasteiger partial charge in [0.05, 0.1) is 25.8 Å². The summed E-state index contributed by atoms with van der Waals surface area (Å²) in [5.74, 6) is -0.445. The lowest BCUT2D eigenvalue weighted by Crippen LogP contribution is -2.32. The lowest BCUT2D eigenvalue weighted by Gasteiger charge is -2.18. The summed E-state index contributed by atoms with van der Waals surface area (Å²) in [6.45, 7) is 4.20. The third-order valence-electron chi connectivity index (χ3n) is 4.34. The molecule has 0 bridgehead atoms. The van der Waals surface area contributed by atoms with Gasteiger partial charge in [-0.1, -0.05) is 13.3 Å². The summed E-state index contributed by atoms with van der Waals surface area (Å²) in [7, 11) is -2.90. The molecule has 1 aliphatic rings. The minimum Gasteiger partial charge on any atom is -0.468 e. The highest BCUT2D eigenvalue weighted by molar-refractivity contribution is 7.92. The van der Waals surface area contributed by atoms with Crippen molar-refractivity contribution in [2.45, 2.75) is 68.6 Å². The van der Waals surface area contributed by atoms with E-state index in [9.17, 15) is 13.2 Å². The Bertz CT molecular complexity index is 697. The van der Waals surface area contributed by atoms with Crippen LogP contribution in [0.15, 0.2) is 5.16 Å². The topological polar surface area (TPSA) is 126 Å². The molecular formula is C15H26N4O5S. The van der Waals surface area contributed by atoms with Crippen LogP contribution in [-0.4, -0.2) is 54.2 Å². The number of methoxy groups -OCH3 is 1. The van der Waals surface area contributed by atoms with Gasteiger partial charge in [0.1, 0.15) is 0 Å². The minimum atomic E-state index is -4.05. The first-order chi connectivity index (χ1) is 11.8. The van der Waals surface area contributed by atoms with Crippen molar-refractivity contribution in [1.29, 1.82) is 0 Å². The Morgan fingerprint density at radius 2 is 2.20 bits per heavy atom. The summed E-state index contributed by atoms with van der Waals surface area (Å²) < 4.78 is 37.3. The molecule has 25 heavy (non-hydrogen) atoms. The average Bonchev–Trinajstić information content (AvgIpc) is 3.24. The average molecular weight is 374 g/mol. The summed E-state index contributed by atoms with van der Waals surface area (Å²) in [4.78, 5) is 11.7. The lowest BCUT2D eigenvalue weighted by molar-refractivity contribution is -0.139. The highest BCUT2D eigenvalue weighted by atomic mass is 32.2. The van der Waals surface area contributed by atoms with Gasteiger partial charge in [0.15, 0.2) is 11.1 Å². The summed E-state index contributed by atoms with van der Waals surface area (Å²) >= 11 is 0. The van der Waals surface area contributed by atoms with Crippen molar-refractivity contribution >= 4 is 15.8 Å². The zero-order valence-corrected chi connectivity index (χ0v) is 15.7. The normalized spacial score (nSPS) is 20.4. The summed E-state index contributed by atoms with van der Waals surface area (Å²) in [5.41, 5.74) is 6.15. The van der Waals surface area contributed by atoms with E-state index in [0.717, 1.165) is 26.4 Å². The van der Waals surface area contributed by atoms with Crippen LogP contribution in [0.2, 0.25) is 0 Å². The Kier molecular flexibility index (Phi) is 6.53. The van der Waals surface area contributed by atoms with Crippen molar-refractivity contribution in [2.75, 3.05) is 13.7 Å². The van der Waals surface area contributed by atoms with Gasteiger partial charge in [0.25, 0.3) is 5.16 Å². The molecular weight excluding hydrogens is 348 g/mol. The number of aromatic nitrogens is 3. The van der Waals surface area contributed by atoms with Crippen molar-refractivity contribution < 1.29 is 22.7 Å². The molecule has 0 radical (unpaired) electrons. The Labute approximate surface area is 147 Å². The molecule has 3 atom stereocenters. The van der Waals surface area contributed by atoms with Gasteiger partial charge in [0, 0.05) is 6.61 Å². The van der Waals surface area contributed by atoms with Gasteiger partial charge < -0.3 is 15.2 Å². The molecule has 0 aromatic carbocycles. The van der Waals surface area contributed by atoms with E-state index in [2.05, 4.69) is 14.9 Å². The molecule has 0 saturated carbocycles. The molecule has 1 saturated heterocycles. The second-order valence-corrected chi connectivity index (χ2v) is 8.35. The van der Waals surface area contributed by atoms with E-state index in [1.807, 2.05) is 6.92 Å². The van der Waals surface area contributed by atoms with Gasteiger partial charge in [-0.05, 0) is 26.2 Å². The quantitative estimate of drug-likeness (QED) is 0.655. The van der Waals surface area contributed by atoms with Crippen LogP contribution in [0.3, 0.4) is 0 Å². The Morgan fingerprint density at radius 1 is 1.48 bits per heavy atom. The number of nitrogens with zero attached hydrogens (tertiary/aromatic N) is 3. The van der Waals surface area contributed by atoms with E-state index in [1.54, 1.807) is 0 Å². The van der Waals surface area contributed by atoms with Gasteiger partial charge in [-0.2, -0.15) is 0 Å². The van der Waals surface area contributed by atoms with E-state index >= 15 is 0 Å². The number of esters is 1. The Balaban J connectivity index is 2.44. The van der Waals surface area contributed by atoms with Gasteiger partial charge in [-0.3, -0.25) is 9.36 Å². The molecule has 1 fully saturated rings. The smallest absolute Gasteiger partial charge is 0.324 e. The van der Waals surface area contributed by atoms with E-state index in [1.165, 1.54) is 11.5 Å². The number of nitrogens with two attached hydrogens (primary N) is 1. The molecule has 1 aliphatic heterocycles. The molecule has 0 amide bonds. The van der Waals surface area contributed by atoms with Crippen LogP contribution in [-0.2, 0) is 30.7 Å². The molecule has 0 aliphatic carbocycles. The molecule has 3 unspecified atom stereocenters. The van der Waals surface area contributed by atoms with Crippen LogP contribution < -0.4 is 5.73 Å². The minimum absolute atomic E-state index is 0.119. The third-order valence-corrected chi connectivity index (χ3v) is 6.27. The molecule has 1 aromatic rings. The number of sulfone groups is 1. The largest absolute Gasteiger partial charge is 0.468 e. The van der Waals surface area contributed by atoms with Crippen LogP contribution in [0.25, 0.3) is 0 Å². The second kappa shape index (κ2) is 8.24. The molecule has 10 heteroatoms. The van der Waals surface area contributed by atoms with Gasteiger partial charge in [-0.15, -0.1) is 10.2 Å². The van der Waals surface area contributed by atoms with Crippen molar-refractivity contribution in [2.24, 2.45) is 5.73 Å². The number of hydrogen-bond acceptors (Lipinski definition) is 8.